The summed E-state index contributed by atoms with van der Waals surface area (Å²) in [5.74, 6) is -0.442. The molecule has 3 aromatic rings. The van der Waals surface area contributed by atoms with Crippen LogP contribution in [0.25, 0.3) is 0 Å². The molecule has 1 aliphatic carbocycles. The number of likely N-dealkylation sites (N-methyl/N-ethyl adjacent to an activating group) is 1. The number of aryl methyl sites for hydroxylation is 2. The van der Waals surface area contributed by atoms with E-state index in [2.05, 4.69) is 22.2 Å². The van der Waals surface area contributed by atoms with Crippen LogP contribution in [-0.4, -0.2) is 63.6 Å². The highest BCUT2D eigenvalue weighted by molar-refractivity contribution is 7.11. The zero-order valence-corrected chi connectivity index (χ0v) is 21.3. The molecule has 192 valence electrons. The number of nitrogens with zero attached hydrogens (tertiary/aromatic N) is 5. The number of thiazole rings is 1. The Morgan fingerprint density at radius 2 is 2.06 bits per heavy atom. The predicted octanol–water partition coefficient (Wildman–Crippen LogP) is 4.27. The van der Waals surface area contributed by atoms with Crippen LogP contribution in [0.3, 0.4) is 0 Å². The number of rotatable bonds is 9. The Labute approximate surface area is 212 Å². The molecule has 0 unspecified atom stereocenters. The molecule has 0 bridgehead atoms. The first-order valence-electron chi connectivity index (χ1n) is 11.7. The van der Waals surface area contributed by atoms with Crippen LogP contribution in [0.1, 0.15) is 58.3 Å². The van der Waals surface area contributed by atoms with E-state index in [1.54, 1.807) is 31.3 Å². The van der Waals surface area contributed by atoms with Crippen molar-refractivity contribution in [1.82, 2.24) is 24.6 Å². The monoisotopic (exact) mass is 517 g/mol. The van der Waals surface area contributed by atoms with Gasteiger partial charge in [0, 0.05) is 25.2 Å². The Bertz CT molecular complexity index is 1230. The lowest BCUT2D eigenvalue weighted by atomic mass is 9.87. The Balaban J connectivity index is 1.28. The first kappa shape index (κ1) is 25.7. The van der Waals surface area contributed by atoms with Crippen molar-refractivity contribution in [2.45, 2.75) is 45.2 Å². The molecule has 0 saturated carbocycles. The molecule has 4 rings (SSSR count). The largest absolute Gasteiger partial charge is 0.468 e. The van der Waals surface area contributed by atoms with Crippen molar-refractivity contribution >= 4 is 23.2 Å². The van der Waals surface area contributed by atoms with Crippen molar-refractivity contribution in [2.24, 2.45) is 0 Å². The van der Waals surface area contributed by atoms with Gasteiger partial charge >= 0.3 is 0 Å². The van der Waals surface area contributed by atoms with E-state index in [4.69, 9.17) is 4.74 Å². The second-order valence-electron chi connectivity index (χ2n) is 8.85. The van der Waals surface area contributed by atoms with Gasteiger partial charge in [-0.25, -0.2) is 8.78 Å². The molecule has 8 nitrogen and oxygen atoms in total. The Hall–Kier alpha value is -3.34. The van der Waals surface area contributed by atoms with E-state index >= 15 is 0 Å². The molecule has 0 N–H and O–H groups in total. The number of hydrogen-bond acceptors (Lipinski definition) is 6. The second kappa shape index (κ2) is 11.2. The molecular weight excluding hydrogens is 488 g/mol. The van der Waals surface area contributed by atoms with Crippen molar-refractivity contribution < 1.29 is 23.1 Å². The maximum atomic E-state index is 13.1. The lowest BCUT2D eigenvalue weighted by molar-refractivity contribution is -0.131. The first-order chi connectivity index (χ1) is 17.2. The molecule has 2 amide bonds. The van der Waals surface area contributed by atoms with E-state index in [1.165, 1.54) is 38.1 Å². The van der Waals surface area contributed by atoms with Gasteiger partial charge in [0.05, 0.1) is 12.6 Å². The number of carbonyl (C=O) groups excluding carboxylic acids is 2. The van der Waals surface area contributed by atoms with Gasteiger partial charge in [0.2, 0.25) is 5.91 Å². The van der Waals surface area contributed by atoms with E-state index in [9.17, 15) is 18.4 Å². The average molecular weight is 518 g/mol. The maximum Gasteiger partial charge on any atom is 0.282 e. The lowest BCUT2D eigenvalue weighted by Crippen LogP contribution is -2.34. The molecule has 0 radical (unpaired) electrons. The van der Waals surface area contributed by atoms with Crippen LogP contribution in [0.5, 0.6) is 5.19 Å². The topological polar surface area (TPSA) is 80.6 Å². The minimum Gasteiger partial charge on any atom is -0.468 e. The SMILES string of the molecule is Cc1cc(C(F)F)nn1CC(=O)N(C)CCOc1nc(C(=O)N(C)[C@@H]2CCCc3ccccc32)cs1. The standard InChI is InChI=1S/C25H29F2N5O3S/c1-16-13-19(23(26)27)29-32(16)14-22(33)30(2)11-12-35-25-28-20(15-36-25)24(34)31(3)21-10-6-8-17-7-4-5-9-18(17)21/h4-5,7,9,13,15,21,23H,6,8,10-12,14H2,1-3H3/t21-/m1/s1. The summed E-state index contributed by atoms with van der Waals surface area (Å²) >= 11 is 1.23. The summed E-state index contributed by atoms with van der Waals surface area (Å²) in [7, 11) is 3.41. The van der Waals surface area contributed by atoms with Gasteiger partial charge in [-0.05, 0) is 43.4 Å². The first-order valence-corrected chi connectivity index (χ1v) is 12.6. The van der Waals surface area contributed by atoms with E-state index in [1.807, 2.05) is 12.1 Å². The highest BCUT2D eigenvalue weighted by atomic mass is 32.1. The van der Waals surface area contributed by atoms with E-state index in [0.29, 0.717) is 16.6 Å². The summed E-state index contributed by atoms with van der Waals surface area (Å²) in [6.07, 6.45) is 0.289. The highest BCUT2D eigenvalue weighted by Gasteiger charge is 2.28. The van der Waals surface area contributed by atoms with Crippen LogP contribution < -0.4 is 4.74 Å². The fourth-order valence-corrected chi connectivity index (χ4v) is 4.99. The van der Waals surface area contributed by atoms with Crippen LogP contribution in [0.15, 0.2) is 35.7 Å². The van der Waals surface area contributed by atoms with Crippen molar-refractivity contribution in [3.05, 3.63) is 63.9 Å². The summed E-state index contributed by atoms with van der Waals surface area (Å²) < 4.78 is 32.6. The summed E-state index contributed by atoms with van der Waals surface area (Å²) in [6, 6.07) is 9.52. The Morgan fingerprint density at radius 3 is 2.81 bits per heavy atom. The molecule has 1 aromatic carbocycles. The number of halogens is 2. The fraction of sp³-hybridized carbons (Fsp3) is 0.440. The number of aromatic nitrogens is 3. The predicted molar refractivity (Wildman–Crippen MR) is 131 cm³/mol. The molecule has 0 spiro atoms. The quantitative estimate of drug-likeness (QED) is 0.424. The summed E-state index contributed by atoms with van der Waals surface area (Å²) in [4.78, 5) is 33.1. The molecule has 0 saturated heterocycles. The molecule has 0 fully saturated rings. The molecule has 0 aliphatic heterocycles. The molecule has 11 heteroatoms. The number of benzene rings is 1. The number of alkyl halides is 2. The van der Waals surface area contributed by atoms with Crippen molar-refractivity contribution in [2.75, 3.05) is 27.2 Å². The van der Waals surface area contributed by atoms with Gasteiger partial charge in [0.25, 0.3) is 17.5 Å². The summed E-state index contributed by atoms with van der Waals surface area (Å²) in [6.45, 7) is 1.93. The molecule has 1 atom stereocenters. The average Bonchev–Trinajstić information content (AvgIpc) is 3.49. The third kappa shape index (κ3) is 5.72. The Kier molecular flexibility index (Phi) is 7.97. The van der Waals surface area contributed by atoms with Crippen molar-refractivity contribution in [1.29, 1.82) is 0 Å². The number of amides is 2. The highest BCUT2D eigenvalue weighted by Crippen LogP contribution is 2.34. The maximum absolute atomic E-state index is 13.1. The Morgan fingerprint density at radius 1 is 1.28 bits per heavy atom. The zero-order chi connectivity index (χ0) is 25.8. The van der Waals surface area contributed by atoms with Crippen LogP contribution in [-0.2, 0) is 17.8 Å². The third-order valence-electron chi connectivity index (χ3n) is 6.41. The molecular formula is C25H29F2N5O3S. The van der Waals surface area contributed by atoms with Gasteiger partial charge in [-0.15, -0.1) is 0 Å². The number of carbonyl (C=O) groups is 2. The summed E-state index contributed by atoms with van der Waals surface area (Å²) in [5, 5.41) is 5.81. The molecule has 2 aromatic heterocycles. The molecule has 1 aliphatic rings. The van der Waals surface area contributed by atoms with Crippen LogP contribution in [0, 0.1) is 6.92 Å². The van der Waals surface area contributed by atoms with Gasteiger partial charge in [-0.2, -0.15) is 10.1 Å². The van der Waals surface area contributed by atoms with Gasteiger partial charge in [0.1, 0.15) is 24.5 Å². The fourth-order valence-electron chi connectivity index (χ4n) is 4.32. The van der Waals surface area contributed by atoms with Crippen molar-refractivity contribution in [3.63, 3.8) is 0 Å². The minimum absolute atomic E-state index is 0.0170. The van der Waals surface area contributed by atoms with Gasteiger partial charge in [-0.3, -0.25) is 14.3 Å². The minimum atomic E-state index is -2.68. The third-order valence-corrected chi connectivity index (χ3v) is 7.17. The number of ether oxygens (including phenoxy) is 1. The number of fused-ring (bicyclic) bond motifs is 1. The zero-order valence-electron chi connectivity index (χ0n) is 20.5. The van der Waals surface area contributed by atoms with Gasteiger partial charge in [0.15, 0.2) is 0 Å². The number of hydrogen-bond donors (Lipinski definition) is 0. The summed E-state index contributed by atoms with van der Waals surface area (Å²) in [5.41, 5.74) is 2.94. The van der Waals surface area contributed by atoms with Crippen molar-refractivity contribution in [3.8, 4) is 5.19 Å². The smallest absolute Gasteiger partial charge is 0.282 e. The van der Waals surface area contributed by atoms with Gasteiger partial charge in [-0.1, -0.05) is 35.6 Å². The second-order valence-corrected chi connectivity index (χ2v) is 9.67. The molecule has 2 heterocycles. The lowest BCUT2D eigenvalue weighted by Gasteiger charge is -2.33. The van der Waals surface area contributed by atoms with Crippen LogP contribution >= 0.6 is 11.3 Å². The van der Waals surface area contributed by atoms with E-state index < -0.39 is 6.43 Å². The van der Waals surface area contributed by atoms with Crippen LogP contribution in [0.2, 0.25) is 0 Å². The van der Waals surface area contributed by atoms with E-state index in [-0.39, 0.29) is 43.2 Å². The van der Waals surface area contributed by atoms with Gasteiger partial charge < -0.3 is 14.5 Å². The van der Waals surface area contributed by atoms with E-state index in [0.717, 1.165) is 19.3 Å². The molecule has 36 heavy (non-hydrogen) atoms. The normalized spacial score (nSPS) is 15.0. The van der Waals surface area contributed by atoms with Crippen LogP contribution in [0.4, 0.5) is 8.78 Å².